The Bertz CT molecular complexity index is 528. The number of anilines is 1. The third kappa shape index (κ3) is 1.71. The molecule has 0 bridgehead atoms. The van der Waals surface area contributed by atoms with Crippen LogP contribution in [-0.4, -0.2) is 32.0 Å². The van der Waals surface area contributed by atoms with Gasteiger partial charge >= 0.3 is 0 Å². The van der Waals surface area contributed by atoms with E-state index in [-0.39, 0.29) is 5.41 Å². The zero-order chi connectivity index (χ0) is 13.7. The van der Waals surface area contributed by atoms with Crippen LogP contribution in [0.5, 0.6) is 11.5 Å². The van der Waals surface area contributed by atoms with Gasteiger partial charge in [-0.2, -0.15) is 0 Å². The molecule has 3 unspecified atom stereocenters. The highest BCUT2D eigenvalue weighted by Gasteiger charge is 2.59. The van der Waals surface area contributed by atoms with E-state index in [1.54, 1.807) is 0 Å². The van der Waals surface area contributed by atoms with Gasteiger partial charge in [-0.3, -0.25) is 0 Å². The van der Waals surface area contributed by atoms with Crippen molar-refractivity contribution in [3.63, 3.8) is 0 Å². The van der Waals surface area contributed by atoms with Crippen LogP contribution in [0.1, 0.15) is 20.3 Å². The number of hydrogen-bond acceptors (Lipinski definition) is 4. The fourth-order valence-electron chi connectivity index (χ4n) is 3.93. The van der Waals surface area contributed by atoms with Crippen LogP contribution in [-0.2, 0) is 4.74 Å². The minimum absolute atomic E-state index is 0.189. The van der Waals surface area contributed by atoms with E-state index >= 15 is 0 Å². The third-order valence-electron chi connectivity index (χ3n) is 4.96. The Labute approximate surface area is 119 Å². The van der Waals surface area contributed by atoms with Gasteiger partial charge in [-0.1, -0.05) is 13.8 Å². The van der Waals surface area contributed by atoms with Gasteiger partial charge in [0.25, 0.3) is 0 Å². The van der Waals surface area contributed by atoms with Crippen molar-refractivity contribution in [2.24, 2.45) is 11.3 Å². The Kier molecular flexibility index (Phi) is 2.64. The van der Waals surface area contributed by atoms with Gasteiger partial charge in [0.05, 0.1) is 6.10 Å². The van der Waals surface area contributed by atoms with Crippen LogP contribution in [0, 0.1) is 11.3 Å². The topological polar surface area (TPSA) is 39.7 Å². The quantitative estimate of drug-likeness (QED) is 0.901. The van der Waals surface area contributed by atoms with Crippen molar-refractivity contribution < 1.29 is 14.2 Å². The Balaban J connectivity index is 1.54. The normalized spacial score (nSPS) is 33.2. The van der Waals surface area contributed by atoms with Crippen molar-refractivity contribution in [3.8, 4) is 11.5 Å². The number of fused-ring (bicyclic) bond motifs is 2. The van der Waals surface area contributed by atoms with Gasteiger partial charge in [-0.05, 0) is 18.6 Å². The highest BCUT2D eigenvalue weighted by molar-refractivity contribution is 5.56. The molecule has 4 heteroatoms. The maximum atomic E-state index is 5.84. The van der Waals surface area contributed by atoms with E-state index in [4.69, 9.17) is 14.2 Å². The SMILES string of the molecule is CC1(C)C(Nc2ccc3c(c2)OCCO3)C2CCOC21. The Morgan fingerprint density at radius 1 is 1.10 bits per heavy atom. The summed E-state index contributed by atoms with van der Waals surface area (Å²) in [6.07, 6.45) is 1.58. The summed E-state index contributed by atoms with van der Waals surface area (Å²) in [7, 11) is 0. The predicted octanol–water partition coefficient (Wildman–Crippen LogP) is 2.68. The summed E-state index contributed by atoms with van der Waals surface area (Å²) in [6.45, 7) is 6.74. The van der Waals surface area contributed by atoms with E-state index in [2.05, 4.69) is 25.2 Å². The molecule has 1 aliphatic carbocycles. The summed E-state index contributed by atoms with van der Waals surface area (Å²) in [6, 6.07) is 6.59. The number of hydrogen-bond donors (Lipinski definition) is 1. The van der Waals surface area contributed by atoms with Gasteiger partial charge < -0.3 is 19.5 Å². The summed E-state index contributed by atoms with van der Waals surface area (Å²) in [4.78, 5) is 0. The molecule has 1 saturated carbocycles. The lowest BCUT2D eigenvalue weighted by molar-refractivity contribution is -0.0923. The van der Waals surface area contributed by atoms with E-state index < -0.39 is 0 Å². The fraction of sp³-hybridized carbons (Fsp3) is 0.625. The molecule has 108 valence electrons. The highest BCUT2D eigenvalue weighted by atomic mass is 16.6. The number of nitrogens with one attached hydrogen (secondary N) is 1. The Morgan fingerprint density at radius 2 is 1.90 bits per heavy atom. The van der Waals surface area contributed by atoms with Gasteiger partial charge in [0.1, 0.15) is 13.2 Å². The first kappa shape index (κ1) is 12.3. The van der Waals surface area contributed by atoms with Crippen molar-refractivity contribution in [2.45, 2.75) is 32.4 Å². The third-order valence-corrected chi connectivity index (χ3v) is 4.96. The van der Waals surface area contributed by atoms with Crippen LogP contribution >= 0.6 is 0 Å². The first-order chi connectivity index (χ1) is 9.66. The van der Waals surface area contributed by atoms with E-state index in [0.29, 0.717) is 31.3 Å². The monoisotopic (exact) mass is 275 g/mol. The second-order valence-electron chi connectivity index (χ2n) is 6.55. The first-order valence-electron chi connectivity index (χ1n) is 7.44. The second kappa shape index (κ2) is 4.29. The number of benzene rings is 1. The average Bonchev–Trinajstić information content (AvgIpc) is 2.91. The molecule has 3 aliphatic rings. The molecule has 0 radical (unpaired) electrons. The largest absolute Gasteiger partial charge is 0.486 e. The van der Waals surface area contributed by atoms with Crippen LogP contribution in [0.25, 0.3) is 0 Å². The summed E-state index contributed by atoms with van der Waals surface area (Å²) in [5.74, 6) is 2.33. The summed E-state index contributed by atoms with van der Waals surface area (Å²) in [5, 5.41) is 3.67. The molecule has 3 atom stereocenters. The van der Waals surface area contributed by atoms with Crippen LogP contribution in [0.2, 0.25) is 0 Å². The lowest BCUT2D eigenvalue weighted by Gasteiger charge is -2.55. The fourth-order valence-corrected chi connectivity index (χ4v) is 3.93. The molecule has 1 aromatic rings. The van der Waals surface area contributed by atoms with Gasteiger partial charge in [-0.25, -0.2) is 0 Å². The molecule has 2 heterocycles. The molecule has 0 amide bonds. The molecule has 4 nitrogen and oxygen atoms in total. The predicted molar refractivity (Wildman–Crippen MR) is 76.5 cm³/mol. The van der Waals surface area contributed by atoms with Crippen molar-refractivity contribution in [1.82, 2.24) is 0 Å². The zero-order valence-corrected chi connectivity index (χ0v) is 12.0. The summed E-state index contributed by atoms with van der Waals surface area (Å²) >= 11 is 0. The van der Waals surface area contributed by atoms with Gasteiger partial charge in [0.2, 0.25) is 0 Å². The maximum absolute atomic E-state index is 5.84. The molecular weight excluding hydrogens is 254 g/mol. The van der Waals surface area contributed by atoms with E-state index in [0.717, 1.165) is 30.2 Å². The van der Waals surface area contributed by atoms with E-state index in [9.17, 15) is 0 Å². The van der Waals surface area contributed by atoms with Gasteiger partial charge in [0.15, 0.2) is 11.5 Å². The molecule has 0 spiro atoms. The van der Waals surface area contributed by atoms with Crippen molar-refractivity contribution in [3.05, 3.63) is 18.2 Å². The lowest BCUT2D eigenvalue weighted by Crippen LogP contribution is -2.63. The standard InChI is InChI=1S/C16H21NO3/c1-16(2)14(11-5-6-20-15(11)16)17-10-3-4-12-13(9-10)19-8-7-18-12/h3-4,9,11,14-15,17H,5-8H2,1-2H3. The Hall–Kier alpha value is -1.42. The minimum atomic E-state index is 0.189. The van der Waals surface area contributed by atoms with Crippen molar-refractivity contribution in [1.29, 1.82) is 0 Å². The van der Waals surface area contributed by atoms with Crippen LogP contribution in [0.15, 0.2) is 18.2 Å². The van der Waals surface area contributed by atoms with Crippen LogP contribution in [0.3, 0.4) is 0 Å². The lowest BCUT2D eigenvalue weighted by atomic mass is 9.57. The molecule has 0 aromatic heterocycles. The highest BCUT2D eigenvalue weighted by Crippen LogP contribution is 2.53. The molecule has 1 N–H and O–H groups in total. The van der Waals surface area contributed by atoms with Crippen molar-refractivity contribution in [2.75, 3.05) is 25.1 Å². The summed E-state index contributed by atoms with van der Waals surface area (Å²) < 4.78 is 17.0. The van der Waals surface area contributed by atoms with Crippen LogP contribution in [0.4, 0.5) is 5.69 Å². The number of rotatable bonds is 2. The molecule has 1 saturated heterocycles. The molecule has 1 aromatic carbocycles. The minimum Gasteiger partial charge on any atom is -0.486 e. The number of ether oxygens (including phenoxy) is 3. The maximum Gasteiger partial charge on any atom is 0.163 e. The van der Waals surface area contributed by atoms with Crippen molar-refractivity contribution >= 4 is 5.69 Å². The van der Waals surface area contributed by atoms with Crippen LogP contribution < -0.4 is 14.8 Å². The van der Waals surface area contributed by atoms with E-state index in [1.165, 1.54) is 0 Å². The van der Waals surface area contributed by atoms with Gasteiger partial charge in [0, 0.05) is 35.7 Å². The molecule has 20 heavy (non-hydrogen) atoms. The Morgan fingerprint density at radius 3 is 2.75 bits per heavy atom. The summed E-state index contributed by atoms with van der Waals surface area (Å²) in [5.41, 5.74) is 1.30. The molecule has 4 rings (SSSR count). The van der Waals surface area contributed by atoms with Gasteiger partial charge in [-0.15, -0.1) is 0 Å². The smallest absolute Gasteiger partial charge is 0.163 e. The molecular formula is C16H21NO3. The average molecular weight is 275 g/mol. The first-order valence-corrected chi connectivity index (χ1v) is 7.44. The molecule has 2 aliphatic heterocycles. The zero-order valence-electron chi connectivity index (χ0n) is 12.0. The molecule has 2 fully saturated rings. The van der Waals surface area contributed by atoms with E-state index in [1.807, 2.05) is 12.1 Å². The second-order valence-corrected chi connectivity index (χ2v) is 6.55.